The molecule has 6 heteroatoms. The second kappa shape index (κ2) is 10.3. The average molecular weight is 432 g/mol. The number of nitrogens with zero attached hydrogens (tertiary/aromatic N) is 1. The number of fused-ring (bicyclic) bond motifs is 3. The summed E-state index contributed by atoms with van der Waals surface area (Å²) >= 11 is 0. The normalized spacial score (nSPS) is 14.6. The molecule has 3 N–H and O–H groups in total. The molecule has 0 amide bonds. The Kier molecular flexibility index (Phi) is 7.04. The van der Waals surface area contributed by atoms with Crippen LogP contribution in [0.15, 0.2) is 72.6 Å². The highest BCUT2D eigenvalue weighted by molar-refractivity contribution is 5.88. The molecule has 0 saturated carbocycles. The first-order chi connectivity index (χ1) is 15.6. The highest BCUT2D eigenvalue weighted by atomic mass is 16.5. The third-order valence-corrected chi connectivity index (χ3v) is 5.56. The number of carbonyl (C=O) groups excluding carboxylic acids is 1. The van der Waals surface area contributed by atoms with E-state index >= 15 is 0 Å². The summed E-state index contributed by atoms with van der Waals surface area (Å²) in [6.45, 7) is 4.61. The van der Waals surface area contributed by atoms with Gasteiger partial charge in [-0.15, -0.1) is 0 Å². The number of anilines is 1. The molecular formula is C26H29N3O3. The first-order valence-corrected chi connectivity index (χ1v) is 10.9. The first kappa shape index (κ1) is 21.9. The number of aliphatic hydroxyl groups excluding tert-OH is 1. The van der Waals surface area contributed by atoms with E-state index in [4.69, 9.17) is 4.74 Å². The number of ether oxygens (including phenoxy) is 1. The molecule has 3 aromatic rings. The first-order valence-electron chi connectivity index (χ1n) is 10.9. The van der Waals surface area contributed by atoms with Crippen molar-refractivity contribution in [3.05, 3.63) is 89.5 Å². The molecule has 32 heavy (non-hydrogen) atoms. The van der Waals surface area contributed by atoms with E-state index in [0.717, 1.165) is 36.3 Å². The predicted molar refractivity (Wildman–Crippen MR) is 127 cm³/mol. The number of aromatic amines is 1. The van der Waals surface area contributed by atoms with Gasteiger partial charge in [0.2, 0.25) is 0 Å². The average Bonchev–Trinajstić information content (AvgIpc) is 3.15. The summed E-state index contributed by atoms with van der Waals surface area (Å²) < 4.78 is 5.82. The Hall–Kier alpha value is -3.35. The van der Waals surface area contributed by atoms with E-state index in [0.29, 0.717) is 18.9 Å². The second-order valence-corrected chi connectivity index (χ2v) is 8.00. The van der Waals surface area contributed by atoms with E-state index in [2.05, 4.69) is 33.4 Å². The van der Waals surface area contributed by atoms with E-state index in [1.807, 2.05) is 30.3 Å². The topological polar surface area (TPSA) is 77.6 Å². The van der Waals surface area contributed by atoms with Crippen molar-refractivity contribution in [1.82, 2.24) is 9.88 Å². The van der Waals surface area contributed by atoms with Crippen LogP contribution >= 0.6 is 0 Å². The number of H-pyrrole nitrogens is 1. The minimum atomic E-state index is -0.0636. The van der Waals surface area contributed by atoms with Gasteiger partial charge in [-0.05, 0) is 42.7 Å². The lowest BCUT2D eigenvalue weighted by molar-refractivity contribution is -0.112. The maximum atomic E-state index is 11.6. The maximum absolute atomic E-state index is 11.6. The zero-order valence-electron chi connectivity index (χ0n) is 18.3. The van der Waals surface area contributed by atoms with Gasteiger partial charge in [-0.2, -0.15) is 0 Å². The van der Waals surface area contributed by atoms with Gasteiger partial charge >= 0.3 is 0 Å². The van der Waals surface area contributed by atoms with Crippen LogP contribution in [0.25, 0.3) is 10.9 Å². The van der Waals surface area contributed by atoms with Crippen LogP contribution in [0.4, 0.5) is 5.69 Å². The van der Waals surface area contributed by atoms with E-state index in [1.54, 1.807) is 12.3 Å². The van der Waals surface area contributed by atoms with Gasteiger partial charge in [0.15, 0.2) is 5.78 Å². The molecule has 0 saturated heterocycles. The molecule has 0 radical (unpaired) electrons. The standard InChI is InChI=1S/C26H29N3O3/c1-19(31)15-22(32-18-20-5-3-2-4-6-20)9-11-27-21-7-8-23-24-10-12-29(13-14-30)17-26(24)28-25(23)16-21/h2-9,11,15-16,27-28,30H,10,12-14,17-18H2,1H3/b11-9-,22-15+. The summed E-state index contributed by atoms with van der Waals surface area (Å²) in [6, 6.07) is 16.1. The van der Waals surface area contributed by atoms with Gasteiger partial charge < -0.3 is 20.1 Å². The van der Waals surface area contributed by atoms with Crippen LogP contribution in [0.3, 0.4) is 0 Å². The second-order valence-electron chi connectivity index (χ2n) is 8.00. The number of rotatable bonds is 9. The highest BCUT2D eigenvalue weighted by Gasteiger charge is 2.20. The summed E-state index contributed by atoms with van der Waals surface area (Å²) in [4.78, 5) is 17.4. The molecule has 1 aliphatic rings. The minimum absolute atomic E-state index is 0.0636. The van der Waals surface area contributed by atoms with E-state index < -0.39 is 0 Å². The molecule has 4 rings (SSSR count). The van der Waals surface area contributed by atoms with Gasteiger partial charge in [-0.3, -0.25) is 9.69 Å². The van der Waals surface area contributed by atoms with Crippen LogP contribution in [0.2, 0.25) is 0 Å². The van der Waals surface area contributed by atoms with E-state index in [9.17, 15) is 9.90 Å². The van der Waals surface area contributed by atoms with Crippen LogP contribution in [0, 0.1) is 0 Å². The Morgan fingerprint density at radius 3 is 2.88 bits per heavy atom. The summed E-state index contributed by atoms with van der Waals surface area (Å²) in [5.41, 5.74) is 5.69. The molecule has 0 bridgehead atoms. The molecule has 0 aliphatic carbocycles. The number of aromatic nitrogens is 1. The fourth-order valence-corrected chi connectivity index (χ4v) is 4.03. The van der Waals surface area contributed by atoms with Gasteiger partial charge in [0.1, 0.15) is 12.4 Å². The van der Waals surface area contributed by atoms with Crippen molar-refractivity contribution in [3.8, 4) is 0 Å². The molecule has 166 valence electrons. The maximum Gasteiger partial charge on any atom is 0.156 e. The van der Waals surface area contributed by atoms with Crippen LogP contribution in [-0.2, 0) is 29.1 Å². The van der Waals surface area contributed by atoms with Crippen molar-refractivity contribution >= 4 is 22.4 Å². The molecule has 2 aromatic carbocycles. The molecule has 1 aliphatic heterocycles. The van der Waals surface area contributed by atoms with Crippen LogP contribution in [0.5, 0.6) is 0 Å². The molecule has 1 aromatic heterocycles. The Bertz CT molecular complexity index is 1130. The lowest BCUT2D eigenvalue weighted by atomic mass is 10.0. The molecular weight excluding hydrogens is 402 g/mol. The Labute approximate surface area is 188 Å². The summed E-state index contributed by atoms with van der Waals surface area (Å²) in [7, 11) is 0. The smallest absolute Gasteiger partial charge is 0.156 e. The number of β-amino-alcohol motifs (C(OH)–C–C–N with tert-alkyl or cyclic N) is 1. The molecule has 2 heterocycles. The number of allylic oxidation sites excluding steroid dienone is 2. The quantitative estimate of drug-likeness (QED) is 0.270. The number of aliphatic hydroxyl groups is 1. The number of benzene rings is 2. The summed E-state index contributed by atoms with van der Waals surface area (Å²) in [5.74, 6) is 0.445. The Morgan fingerprint density at radius 1 is 1.25 bits per heavy atom. The van der Waals surface area contributed by atoms with Gasteiger partial charge in [-0.25, -0.2) is 0 Å². The molecule has 0 spiro atoms. The lowest BCUT2D eigenvalue weighted by Crippen LogP contribution is -2.32. The number of hydrogen-bond acceptors (Lipinski definition) is 5. The van der Waals surface area contributed by atoms with Gasteiger partial charge in [0.25, 0.3) is 0 Å². The summed E-state index contributed by atoms with van der Waals surface area (Å²) in [5, 5.41) is 13.7. The fraction of sp³-hybridized carbons (Fsp3) is 0.269. The number of ketones is 1. The number of carbonyl (C=O) groups is 1. The van der Waals surface area contributed by atoms with Crippen LogP contribution in [0.1, 0.15) is 23.7 Å². The Balaban J connectivity index is 1.43. The largest absolute Gasteiger partial charge is 0.489 e. The van der Waals surface area contributed by atoms with E-state index in [-0.39, 0.29) is 12.4 Å². The number of hydrogen-bond donors (Lipinski definition) is 3. The van der Waals surface area contributed by atoms with Crippen LogP contribution < -0.4 is 5.32 Å². The molecule has 0 unspecified atom stereocenters. The Morgan fingerprint density at radius 2 is 2.09 bits per heavy atom. The van der Waals surface area contributed by atoms with Gasteiger partial charge in [0.05, 0.1) is 6.61 Å². The van der Waals surface area contributed by atoms with Crippen LogP contribution in [-0.4, -0.2) is 40.5 Å². The predicted octanol–water partition coefficient (Wildman–Crippen LogP) is 4.13. The molecule has 0 fully saturated rings. The van der Waals surface area contributed by atoms with Gasteiger partial charge in [0, 0.05) is 54.2 Å². The van der Waals surface area contributed by atoms with Crippen molar-refractivity contribution in [2.45, 2.75) is 26.5 Å². The van der Waals surface area contributed by atoms with Crippen molar-refractivity contribution in [1.29, 1.82) is 0 Å². The van der Waals surface area contributed by atoms with E-state index in [1.165, 1.54) is 29.6 Å². The number of nitrogens with one attached hydrogen (secondary N) is 2. The van der Waals surface area contributed by atoms with Crippen molar-refractivity contribution in [2.24, 2.45) is 0 Å². The van der Waals surface area contributed by atoms with Gasteiger partial charge in [-0.1, -0.05) is 36.4 Å². The highest BCUT2D eigenvalue weighted by Crippen LogP contribution is 2.29. The lowest BCUT2D eigenvalue weighted by Gasteiger charge is -2.25. The SMILES string of the molecule is CC(=O)/C=C(\C=C/Nc1ccc2c3c([nH]c2c1)CN(CCO)CC3)OCc1ccccc1. The third kappa shape index (κ3) is 5.46. The molecule has 6 nitrogen and oxygen atoms in total. The minimum Gasteiger partial charge on any atom is -0.489 e. The monoisotopic (exact) mass is 431 g/mol. The fourth-order valence-electron chi connectivity index (χ4n) is 4.03. The zero-order chi connectivity index (χ0) is 22.3. The van der Waals surface area contributed by atoms with Crippen molar-refractivity contribution < 1.29 is 14.6 Å². The third-order valence-electron chi connectivity index (χ3n) is 5.56. The summed E-state index contributed by atoms with van der Waals surface area (Å²) in [6.07, 6.45) is 6.02. The van der Waals surface area contributed by atoms with Crippen molar-refractivity contribution in [2.75, 3.05) is 25.0 Å². The molecule has 0 atom stereocenters. The zero-order valence-corrected chi connectivity index (χ0v) is 18.3. The van der Waals surface area contributed by atoms with Crippen molar-refractivity contribution in [3.63, 3.8) is 0 Å².